The molecule has 0 bridgehead atoms. The lowest BCUT2D eigenvalue weighted by atomic mass is 10.00. The first kappa shape index (κ1) is 23.8. The molecule has 0 unspecified atom stereocenters. The van der Waals surface area contributed by atoms with Crippen molar-refractivity contribution in [1.82, 2.24) is 9.13 Å². The van der Waals surface area contributed by atoms with E-state index in [4.69, 9.17) is 0 Å². The van der Waals surface area contributed by atoms with Gasteiger partial charge >= 0.3 is 0 Å². The van der Waals surface area contributed by atoms with Crippen LogP contribution in [0.15, 0.2) is 133 Å². The summed E-state index contributed by atoms with van der Waals surface area (Å²) < 4.78 is 4.73. The molecule has 0 atom stereocenters. The molecule has 2 heterocycles. The summed E-state index contributed by atoms with van der Waals surface area (Å²) >= 11 is 0. The Morgan fingerprint density at radius 3 is 1.52 bits per heavy atom. The Kier molecular flexibility index (Phi) is 5.22. The van der Waals surface area contributed by atoms with Gasteiger partial charge in [0.2, 0.25) is 0 Å². The zero-order valence-corrected chi connectivity index (χ0v) is 22.5. The first-order valence-electron chi connectivity index (χ1n) is 13.8. The highest BCUT2D eigenvalue weighted by molar-refractivity contribution is 6.23. The van der Waals surface area contributed by atoms with Crippen molar-refractivity contribution >= 4 is 43.6 Å². The van der Waals surface area contributed by atoms with Crippen molar-refractivity contribution in [3.8, 4) is 34.6 Å². The van der Waals surface area contributed by atoms with Gasteiger partial charge in [-0.2, -0.15) is 10.5 Å². The van der Waals surface area contributed by atoms with E-state index in [9.17, 15) is 10.5 Å². The summed E-state index contributed by atoms with van der Waals surface area (Å²) in [5.41, 5.74) is 9.42. The second kappa shape index (κ2) is 9.24. The van der Waals surface area contributed by atoms with Crippen LogP contribution in [0.2, 0.25) is 0 Å². The monoisotopic (exact) mass is 534 g/mol. The number of rotatable bonds is 3. The molecule has 42 heavy (non-hydrogen) atoms. The third kappa shape index (κ3) is 3.47. The van der Waals surface area contributed by atoms with Gasteiger partial charge in [0.1, 0.15) is 0 Å². The summed E-state index contributed by atoms with van der Waals surface area (Å²) in [5, 5.41) is 23.9. The fourth-order valence-electron chi connectivity index (χ4n) is 6.36. The van der Waals surface area contributed by atoms with E-state index < -0.39 is 0 Å². The maximum atomic E-state index is 9.59. The lowest BCUT2D eigenvalue weighted by Gasteiger charge is -2.13. The van der Waals surface area contributed by atoms with Crippen LogP contribution in [0.25, 0.3) is 66.1 Å². The van der Waals surface area contributed by atoms with Gasteiger partial charge in [-0.3, -0.25) is 0 Å². The van der Waals surface area contributed by atoms with E-state index in [1.807, 2.05) is 24.3 Å². The van der Waals surface area contributed by atoms with Crippen LogP contribution >= 0.6 is 0 Å². The number of fused-ring (bicyclic) bond motifs is 7. The van der Waals surface area contributed by atoms with E-state index in [2.05, 4.69) is 124 Å². The van der Waals surface area contributed by atoms with E-state index >= 15 is 0 Å². The minimum Gasteiger partial charge on any atom is -0.307 e. The van der Waals surface area contributed by atoms with E-state index in [0.717, 1.165) is 44.6 Å². The molecule has 0 saturated carbocycles. The zero-order valence-electron chi connectivity index (χ0n) is 22.5. The number of aromatic nitrogens is 2. The SMILES string of the molecule is N#Cc1cc(C#N)cc(-c2cccc(-n3c4ccccc4c4ccc5c6ccccc6n(-c6ccccc6)c5c43)c2)c1. The van der Waals surface area contributed by atoms with Crippen molar-refractivity contribution < 1.29 is 0 Å². The van der Waals surface area contributed by atoms with Crippen molar-refractivity contribution in [2.45, 2.75) is 0 Å². The fourth-order valence-corrected chi connectivity index (χ4v) is 6.36. The molecule has 6 aromatic carbocycles. The topological polar surface area (TPSA) is 57.4 Å². The van der Waals surface area contributed by atoms with Crippen LogP contribution in [0.5, 0.6) is 0 Å². The highest BCUT2D eigenvalue weighted by Gasteiger charge is 2.21. The van der Waals surface area contributed by atoms with E-state index in [1.165, 1.54) is 21.5 Å². The largest absolute Gasteiger partial charge is 0.307 e. The van der Waals surface area contributed by atoms with Crippen molar-refractivity contribution in [2.75, 3.05) is 0 Å². The molecule has 8 aromatic rings. The van der Waals surface area contributed by atoms with Crippen molar-refractivity contribution in [3.05, 3.63) is 145 Å². The molecule has 0 amide bonds. The Morgan fingerprint density at radius 1 is 0.405 bits per heavy atom. The third-order valence-corrected chi connectivity index (χ3v) is 8.11. The first-order valence-corrected chi connectivity index (χ1v) is 13.8. The minimum atomic E-state index is 0.473. The fraction of sp³-hybridized carbons (Fsp3) is 0. The summed E-state index contributed by atoms with van der Waals surface area (Å²) in [7, 11) is 0. The quantitative estimate of drug-likeness (QED) is 0.227. The molecule has 0 aliphatic heterocycles. The Hall–Kier alpha value is -6.10. The van der Waals surface area contributed by atoms with Crippen LogP contribution in [0.3, 0.4) is 0 Å². The van der Waals surface area contributed by atoms with Crippen LogP contribution in [-0.4, -0.2) is 9.13 Å². The summed E-state index contributed by atoms with van der Waals surface area (Å²) in [5.74, 6) is 0. The molecule has 0 fully saturated rings. The maximum absolute atomic E-state index is 9.59. The van der Waals surface area contributed by atoms with Gasteiger partial charge in [-0.15, -0.1) is 0 Å². The van der Waals surface area contributed by atoms with Gasteiger partial charge in [0, 0.05) is 32.9 Å². The number of para-hydroxylation sites is 3. The highest BCUT2D eigenvalue weighted by Crippen LogP contribution is 2.41. The molecule has 4 nitrogen and oxygen atoms in total. The number of benzene rings is 6. The summed E-state index contributed by atoms with van der Waals surface area (Å²) in [6.07, 6.45) is 0. The van der Waals surface area contributed by atoms with Crippen LogP contribution in [0.4, 0.5) is 0 Å². The second-order valence-electron chi connectivity index (χ2n) is 10.5. The molecule has 0 spiro atoms. The van der Waals surface area contributed by atoms with Gasteiger partial charge in [0.25, 0.3) is 0 Å². The normalized spacial score (nSPS) is 11.3. The molecule has 0 saturated heterocycles. The predicted octanol–water partition coefficient (Wildman–Crippen LogP) is 9.29. The number of hydrogen-bond acceptors (Lipinski definition) is 2. The molecule has 0 aliphatic rings. The Morgan fingerprint density at radius 2 is 0.929 bits per heavy atom. The highest BCUT2D eigenvalue weighted by atomic mass is 15.0. The number of nitrogens with zero attached hydrogens (tertiary/aromatic N) is 4. The Bertz CT molecular complexity index is 2400. The van der Waals surface area contributed by atoms with Crippen molar-refractivity contribution in [3.63, 3.8) is 0 Å². The molecule has 0 aliphatic carbocycles. The molecule has 0 N–H and O–H groups in total. The smallest absolute Gasteiger partial charge is 0.0992 e. The average Bonchev–Trinajstić information content (AvgIpc) is 3.58. The van der Waals surface area contributed by atoms with Crippen LogP contribution in [0, 0.1) is 22.7 Å². The Balaban J connectivity index is 1.52. The molecule has 8 rings (SSSR count). The van der Waals surface area contributed by atoms with E-state index in [1.54, 1.807) is 6.07 Å². The van der Waals surface area contributed by atoms with Crippen LogP contribution < -0.4 is 0 Å². The molecular formula is C38H22N4. The van der Waals surface area contributed by atoms with Crippen LogP contribution in [-0.2, 0) is 0 Å². The lowest BCUT2D eigenvalue weighted by molar-refractivity contribution is 1.15. The van der Waals surface area contributed by atoms with Crippen molar-refractivity contribution in [1.29, 1.82) is 10.5 Å². The van der Waals surface area contributed by atoms with Gasteiger partial charge in [0.05, 0.1) is 45.3 Å². The number of nitriles is 2. The molecular weight excluding hydrogens is 512 g/mol. The zero-order chi connectivity index (χ0) is 28.2. The molecule has 2 aromatic heterocycles. The van der Waals surface area contributed by atoms with E-state index in [-0.39, 0.29) is 0 Å². The summed E-state index contributed by atoms with van der Waals surface area (Å²) in [6.45, 7) is 0. The molecule has 4 heteroatoms. The summed E-state index contributed by atoms with van der Waals surface area (Å²) in [6, 6.07) is 50.2. The predicted molar refractivity (Wildman–Crippen MR) is 170 cm³/mol. The Labute approximate surface area is 242 Å². The lowest BCUT2D eigenvalue weighted by Crippen LogP contribution is -1.99. The summed E-state index contributed by atoms with van der Waals surface area (Å²) in [4.78, 5) is 0. The van der Waals surface area contributed by atoms with Gasteiger partial charge in [-0.05, 0) is 65.7 Å². The van der Waals surface area contributed by atoms with Gasteiger partial charge < -0.3 is 9.13 Å². The molecule has 194 valence electrons. The standard InChI is InChI=1S/C38H22N4/c39-23-25-19-26(24-40)21-28(20-25)27-9-8-12-30(22-27)42-36-16-7-5-14-32(36)34-18-17-33-31-13-4-6-15-35(31)41(37(33)38(34)42)29-10-2-1-3-11-29/h1-22H. The molecule has 0 radical (unpaired) electrons. The van der Waals surface area contributed by atoms with E-state index in [0.29, 0.717) is 11.1 Å². The van der Waals surface area contributed by atoms with Gasteiger partial charge in [0.15, 0.2) is 0 Å². The maximum Gasteiger partial charge on any atom is 0.0992 e. The number of hydrogen-bond donors (Lipinski definition) is 0. The average molecular weight is 535 g/mol. The first-order chi connectivity index (χ1) is 20.7. The van der Waals surface area contributed by atoms with Gasteiger partial charge in [-0.1, -0.05) is 78.9 Å². The van der Waals surface area contributed by atoms with Gasteiger partial charge in [-0.25, -0.2) is 0 Å². The minimum absolute atomic E-state index is 0.473. The van der Waals surface area contributed by atoms with Crippen LogP contribution in [0.1, 0.15) is 11.1 Å². The second-order valence-corrected chi connectivity index (χ2v) is 10.5. The third-order valence-electron chi connectivity index (χ3n) is 8.11. The van der Waals surface area contributed by atoms with Crippen molar-refractivity contribution in [2.24, 2.45) is 0 Å².